The maximum Gasteiger partial charge on any atom is 0.427 e. The van der Waals surface area contributed by atoms with Crippen molar-refractivity contribution in [1.29, 1.82) is 0 Å². The highest BCUT2D eigenvalue weighted by atomic mass is 32.2. The minimum atomic E-state index is -4.95. The second-order valence-electron chi connectivity index (χ2n) is 4.08. The van der Waals surface area contributed by atoms with Crippen molar-refractivity contribution >= 4 is 43.5 Å². The first-order chi connectivity index (χ1) is 9.02. The summed E-state index contributed by atoms with van der Waals surface area (Å²) < 4.78 is 26.0. The highest BCUT2D eigenvalue weighted by Crippen LogP contribution is 2.58. The van der Waals surface area contributed by atoms with Crippen molar-refractivity contribution in [2.45, 2.75) is 24.0 Å². The molecule has 0 spiro atoms. The lowest BCUT2D eigenvalue weighted by atomic mass is 10.3. The molecule has 0 fully saturated rings. The SMILES string of the molecule is CC(C)Sc1ccc(OP(=O)(O)C(=S)P(=O)(O)O)cc1. The molecule has 1 unspecified atom stereocenters. The minimum absolute atomic E-state index is 0.0136. The van der Waals surface area contributed by atoms with Crippen molar-refractivity contribution in [2.24, 2.45) is 0 Å². The van der Waals surface area contributed by atoms with Crippen molar-refractivity contribution in [2.75, 3.05) is 0 Å². The fraction of sp³-hybridized carbons (Fsp3) is 0.300. The second kappa shape index (κ2) is 6.71. The van der Waals surface area contributed by atoms with E-state index in [1.165, 1.54) is 12.1 Å². The Morgan fingerprint density at radius 1 is 1.20 bits per heavy atom. The van der Waals surface area contributed by atoms with Crippen molar-refractivity contribution in [3.63, 3.8) is 0 Å². The number of rotatable bonds is 6. The molecule has 0 aliphatic rings. The molecular weight excluding hydrogens is 342 g/mol. The summed E-state index contributed by atoms with van der Waals surface area (Å²) in [5.74, 6) is 0.0136. The Bertz CT molecular complexity index is 580. The van der Waals surface area contributed by atoms with Crippen LogP contribution < -0.4 is 4.52 Å². The van der Waals surface area contributed by atoms with E-state index < -0.39 is 19.5 Å². The molecule has 0 saturated heterocycles. The van der Waals surface area contributed by atoms with Gasteiger partial charge in [-0.25, -0.2) is 4.57 Å². The Kier molecular flexibility index (Phi) is 5.99. The first-order valence-corrected chi connectivity index (χ1v) is 9.90. The zero-order valence-corrected chi connectivity index (χ0v) is 14.1. The van der Waals surface area contributed by atoms with E-state index in [9.17, 15) is 14.0 Å². The summed E-state index contributed by atoms with van der Waals surface area (Å²) in [6.45, 7) is 4.05. The van der Waals surface area contributed by atoms with Crippen LogP contribution >= 0.6 is 39.2 Å². The van der Waals surface area contributed by atoms with Gasteiger partial charge in [-0.05, 0) is 24.3 Å². The van der Waals surface area contributed by atoms with Gasteiger partial charge in [0.05, 0.1) is 0 Å². The van der Waals surface area contributed by atoms with Crippen molar-refractivity contribution in [3.05, 3.63) is 24.3 Å². The lowest BCUT2D eigenvalue weighted by Gasteiger charge is -2.15. The molecule has 1 aromatic rings. The van der Waals surface area contributed by atoms with Gasteiger partial charge in [-0.3, -0.25) is 4.57 Å². The van der Waals surface area contributed by atoms with Gasteiger partial charge < -0.3 is 19.2 Å². The number of hydrogen-bond donors (Lipinski definition) is 3. The van der Waals surface area contributed by atoms with Crippen LogP contribution in [-0.2, 0) is 9.13 Å². The Balaban J connectivity index is 2.86. The van der Waals surface area contributed by atoms with Crippen LogP contribution in [-0.4, -0.2) is 24.3 Å². The van der Waals surface area contributed by atoms with Gasteiger partial charge in [0.2, 0.25) is 4.35 Å². The predicted octanol–water partition coefficient (Wildman–Crippen LogP) is 3.21. The number of benzene rings is 1. The molecule has 0 bridgehead atoms. The van der Waals surface area contributed by atoms with E-state index in [0.29, 0.717) is 5.25 Å². The molecule has 0 heterocycles. The molecular formula is C10H14O6P2S2. The van der Waals surface area contributed by atoms with E-state index >= 15 is 0 Å². The topological polar surface area (TPSA) is 104 Å². The Labute approximate surface area is 126 Å². The Morgan fingerprint density at radius 3 is 2.10 bits per heavy atom. The largest absolute Gasteiger partial charge is 0.427 e. The summed E-state index contributed by atoms with van der Waals surface area (Å²) >= 11 is 5.90. The van der Waals surface area contributed by atoms with Gasteiger partial charge in [0.1, 0.15) is 5.75 Å². The average molecular weight is 356 g/mol. The highest BCUT2D eigenvalue weighted by Gasteiger charge is 2.40. The third-order valence-electron chi connectivity index (χ3n) is 1.92. The summed E-state index contributed by atoms with van der Waals surface area (Å²) in [4.78, 5) is 28.0. The molecule has 6 nitrogen and oxygen atoms in total. The summed E-state index contributed by atoms with van der Waals surface area (Å²) in [6, 6.07) is 6.24. The maximum absolute atomic E-state index is 11.7. The fourth-order valence-corrected chi connectivity index (χ4v) is 4.07. The standard InChI is InChI=1S/C10H14O6P2S2/c1-7(2)20-9-5-3-8(4-6-9)16-18(14,15)10(19)17(11,12)13/h3-7H,1-2H3,(H,14,15)(H2,11,12,13). The highest BCUT2D eigenvalue weighted by molar-refractivity contribution is 8.16. The quantitative estimate of drug-likeness (QED) is 0.405. The first-order valence-electron chi connectivity index (χ1n) is 5.42. The summed E-state index contributed by atoms with van der Waals surface area (Å²) in [5, 5.41) is 0.382. The van der Waals surface area contributed by atoms with Gasteiger partial charge in [-0.1, -0.05) is 26.1 Å². The van der Waals surface area contributed by atoms with E-state index in [1.54, 1.807) is 23.9 Å². The average Bonchev–Trinajstić information content (AvgIpc) is 2.28. The van der Waals surface area contributed by atoms with Crippen LogP contribution in [0.15, 0.2) is 29.2 Å². The monoisotopic (exact) mass is 356 g/mol. The third-order valence-corrected chi connectivity index (χ3v) is 7.32. The molecule has 1 rings (SSSR count). The lowest BCUT2D eigenvalue weighted by Crippen LogP contribution is -2.03. The molecule has 112 valence electrons. The van der Waals surface area contributed by atoms with Crippen molar-refractivity contribution < 1.29 is 28.3 Å². The molecule has 0 saturated carbocycles. The molecule has 20 heavy (non-hydrogen) atoms. The molecule has 0 aromatic heterocycles. The second-order valence-corrected chi connectivity index (χ2v) is 10.3. The number of thiocarbonyl (C=S) groups is 1. The van der Waals surface area contributed by atoms with Gasteiger partial charge in [-0.2, -0.15) is 0 Å². The zero-order chi connectivity index (χ0) is 15.6. The molecule has 0 aliphatic carbocycles. The predicted molar refractivity (Wildman–Crippen MR) is 82.5 cm³/mol. The van der Waals surface area contributed by atoms with E-state index in [2.05, 4.69) is 12.2 Å². The summed E-state index contributed by atoms with van der Waals surface area (Å²) in [7, 11) is -9.66. The van der Waals surface area contributed by atoms with Crippen molar-refractivity contribution in [1.82, 2.24) is 0 Å². The van der Waals surface area contributed by atoms with Gasteiger partial charge in [0, 0.05) is 10.1 Å². The Morgan fingerprint density at radius 2 is 1.70 bits per heavy atom. The molecule has 0 amide bonds. The normalized spacial score (nSPS) is 14.9. The van der Waals surface area contributed by atoms with Gasteiger partial charge >= 0.3 is 15.2 Å². The molecule has 1 atom stereocenters. The van der Waals surface area contributed by atoms with Gasteiger partial charge in [-0.15, -0.1) is 11.8 Å². The molecule has 0 radical (unpaired) electrons. The van der Waals surface area contributed by atoms with Crippen LogP contribution in [0.2, 0.25) is 0 Å². The van der Waals surface area contributed by atoms with Crippen LogP contribution in [0.5, 0.6) is 5.75 Å². The maximum atomic E-state index is 11.7. The first kappa shape index (κ1) is 17.9. The van der Waals surface area contributed by atoms with Crippen LogP contribution in [0, 0.1) is 0 Å². The number of hydrogen-bond acceptors (Lipinski definition) is 5. The molecule has 1 aromatic carbocycles. The smallest absolute Gasteiger partial charge is 0.421 e. The summed E-state index contributed by atoms with van der Waals surface area (Å²) in [6.07, 6.45) is 0. The molecule has 3 N–H and O–H groups in total. The van der Waals surface area contributed by atoms with Crippen molar-refractivity contribution in [3.8, 4) is 5.75 Å². The van der Waals surface area contributed by atoms with E-state index in [0.717, 1.165) is 4.90 Å². The van der Waals surface area contributed by atoms with Crippen LogP contribution in [0.4, 0.5) is 0 Å². The van der Waals surface area contributed by atoms with Crippen LogP contribution in [0.1, 0.15) is 13.8 Å². The number of thioether (sulfide) groups is 1. The zero-order valence-electron chi connectivity index (χ0n) is 10.7. The third kappa shape index (κ3) is 5.30. The van der Waals surface area contributed by atoms with E-state index in [4.69, 9.17) is 14.3 Å². The van der Waals surface area contributed by atoms with Gasteiger partial charge in [0.15, 0.2) is 0 Å². The molecule has 0 aliphatic heterocycles. The minimum Gasteiger partial charge on any atom is -0.421 e. The van der Waals surface area contributed by atoms with E-state index in [-0.39, 0.29) is 5.75 Å². The van der Waals surface area contributed by atoms with Crippen LogP contribution in [0.25, 0.3) is 0 Å². The molecule has 10 heteroatoms. The van der Waals surface area contributed by atoms with E-state index in [1.807, 2.05) is 13.8 Å². The lowest BCUT2D eigenvalue weighted by molar-refractivity contribution is 0.385. The summed E-state index contributed by atoms with van der Waals surface area (Å²) in [5.41, 5.74) is 0. The fourth-order valence-electron chi connectivity index (χ4n) is 1.20. The van der Waals surface area contributed by atoms with Crippen LogP contribution in [0.3, 0.4) is 0 Å². The Hall–Kier alpha value is -0.200. The van der Waals surface area contributed by atoms with Gasteiger partial charge in [0.25, 0.3) is 0 Å².